The van der Waals surface area contributed by atoms with E-state index >= 15 is 0 Å². The highest BCUT2D eigenvalue weighted by Crippen LogP contribution is 2.22. The van der Waals surface area contributed by atoms with Gasteiger partial charge in [-0.2, -0.15) is 0 Å². The number of halogens is 1. The zero-order chi connectivity index (χ0) is 17.1. The average molecular weight is 364 g/mol. The van der Waals surface area contributed by atoms with E-state index in [4.69, 9.17) is 11.6 Å². The van der Waals surface area contributed by atoms with Crippen molar-refractivity contribution < 1.29 is 9.59 Å². The summed E-state index contributed by atoms with van der Waals surface area (Å²) in [6.07, 6.45) is 1.59. The van der Waals surface area contributed by atoms with Crippen LogP contribution in [0.5, 0.6) is 0 Å². The molecule has 1 aliphatic heterocycles. The number of likely N-dealkylation sites (tertiary alicyclic amines) is 1. The van der Waals surface area contributed by atoms with Gasteiger partial charge < -0.3 is 10.2 Å². The van der Waals surface area contributed by atoms with Crippen molar-refractivity contribution in [2.24, 2.45) is 5.92 Å². The minimum absolute atomic E-state index is 0.0609. The van der Waals surface area contributed by atoms with Gasteiger partial charge in [0.25, 0.3) is 5.91 Å². The van der Waals surface area contributed by atoms with Crippen LogP contribution in [0.1, 0.15) is 28.9 Å². The molecule has 0 radical (unpaired) electrons. The fraction of sp³-hybridized carbons (Fsp3) is 0.353. The molecule has 2 amide bonds. The van der Waals surface area contributed by atoms with Gasteiger partial charge in [0.15, 0.2) is 5.13 Å². The maximum Gasteiger partial charge on any atom is 0.253 e. The van der Waals surface area contributed by atoms with E-state index in [1.807, 2.05) is 12.3 Å². The zero-order valence-electron chi connectivity index (χ0n) is 13.3. The number of amides is 2. The number of nitrogens with one attached hydrogen (secondary N) is 1. The van der Waals surface area contributed by atoms with E-state index in [0.717, 1.165) is 18.5 Å². The molecule has 1 saturated heterocycles. The summed E-state index contributed by atoms with van der Waals surface area (Å²) in [6.45, 7) is 2.98. The molecule has 0 aliphatic carbocycles. The van der Waals surface area contributed by atoms with Crippen molar-refractivity contribution in [2.75, 3.05) is 18.4 Å². The maximum atomic E-state index is 12.6. The molecule has 2 aromatic rings. The van der Waals surface area contributed by atoms with Gasteiger partial charge in [0.1, 0.15) is 0 Å². The van der Waals surface area contributed by atoms with Gasteiger partial charge in [0.05, 0.1) is 11.6 Å². The molecule has 1 fully saturated rings. The van der Waals surface area contributed by atoms with Crippen LogP contribution in [0.2, 0.25) is 5.02 Å². The van der Waals surface area contributed by atoms with E-state index in [0.29, 0.717) is 28.8 Å². The number of anilines is 1. The van der Waals surface area contributed by atoms with Gasteiger partial charge in [-0.05, 0) is 44.0 Å². The predicted octanol–water partition coefficient (Wildman–Crippen LogP) is 3.60. The molecule has 7 heteroatoms. The second-order valence-electron chi connectivity index (χ2n) is 5.88. The Labute approximate surface area is 149 Å². The summed E-state index contributed by atoms with van der Waals surface area (Å²) in [5.41, 5.74) is 1.48. The summed E-state index contributed by atoms with van der Waals surface area (Å²) >= 11 is 7.27. The number of hydrogen-bond acceptors (Lipinski definition) is 4. The van der Waals surface area contributed by atoms with Crippen molar-refractivity contribution in [1.82, 2.24) is 9.88 Å². The Morgan fingerprint density at radius 3 is 2.75 bits per heavy atom. The highest BCUT2D eigenvalue weighted by molar-refractivity contribution is 7.13. The molecular weight excluding hydrogens is 346 g/mol. The largest absolute Gasteiger partial charge is 0.338 e. The second-order valence-corrected chi connectivity index (χ2v) is 7.18. The van der Waals surface area contributed by atoms with Crippen LogP contribution in [0.4, 0.5) is 5.13 Å². The topological polar surface area (TPSA) is 62.3 Å². The molecule has 0 unspecified atom stereocenters. The number of benzene rings is 1. The molecule has 1 N–H and O–H groups in total. The van der Waals surface area contributed by atoms with Crippen LogP contribution in [-0.4, -0.2) is 34.8 Å². The molecule has 1 aliphatic rings. The molecule has 1 atom stereocenters. The number of piperidine rings is 1. The van der Waals surface area contributed by atoms with Crippen molar-refractivity contribution in [1.29, 1.82) is 0 Å². The smallest absolute Gasteiger partial charge is 0.253 e. The van der Waals surface area contributed by atoms with Crippen LogP contribution in [0.3, 0.4) is 0 Å². The summed E-state index contributed by atoms with van der Waals surface area (Å²) in [5.74, 6) is -0.341. The predicted molar refractivity (Wildman–Crippen MR) is 95.6 cm³/mol. The molecule has 126 valence electrons. The van der Waals surface area contributed by atoms with E-state index in [1.54, 1.807) is 29.2 Å². The quantitative estimate of drug-likeness (QED) is 0.906. The third-order valence-corrected chi connectivity index (χ3v) is 5.15. The zero-order valence-corrected chi connectivity index (χ0v) is 14.9. The molecule has 5 nitrogen and oxygen atoms in total. The summed E-state index contributed by atoms with van der Waals surface area (Å²) in [4.78, 5) is 31.0. The van der Waals surface area contributed by atoms with Crippen molar-refractivity contribution in [3.8, 4) is 0 Å². The first-order valence-electron chi connectivity index (χ1n) is 7.81. The summed E-state index contributed by atoms with van der Waals surface area (Å²) in [5, 5.41) is 5.96. The lowest BCUT2D eigenvalue weighted by atomic mass is 9.96. The molecule has 24 heavy (non-hydrogen) atoms. The maximum absolute atomic E-state index is 12.6. The lowest BCUT2D eigenvalue weighted by Gasteiger charge is -2.32. The van der Waals surface area contributed by atoms with Gasteiger partial charge in [0.2, 0.25) is 5.91 Å². The lowest BCUT2D eigenvalue weighted by Crippen LogP contribution is -2.43. The molecule has 0 spiro atoms. The van der Waals surface area contributed by atoms with Crippen molar-refractivity contribution in [3.63, 3.8) is 0 Å². The fourth-order valence-corrected chi connectivity index (χ4v) is 3.59. The first-order valence-corrected chi connectivity index (χ1v) is 9.06. The highest BCUT2D eigenvalue weighted by atomic mass is 35.5. The number of hydrogen-bond donors (Lipinski definition) is 1. The second kappa shape index (κ2) is 7.32. The summed E-state index contributed by atoms with van der Waals surface area (Å²) in [7, 11) is 0. The molecule has 1 aromatic carbocycles. The number of aromatic nitrogens is 1. The standard InChI is InChI=1S/C17H18ClN3O2S/c1-11-10-24-17(19-11)20-15(22)13-3-2-8-21(9-13)16(23)12-4-6-14(18)7-5-12/h4-7,10,13H,2-3,8-9H2,1H3,(H,19,20,22)/t13-/m1/s1. The lowest BCUT2D eigenvalue weighted by molar-refractivity contribution is -0.121. The van der Waals surface area contributed by atoms with Crippen LogP contribution in [0.25, 0.3) is 0 Å². The number of carbonyl (C=O) groups is 2. The van der Waals surface area contributed by atoms with Crippen LogP contribution >= 0.6 is 22.9 Å². The van der Waals surface area contributed by atoms with E-state index in [-0.39, 0.29) is 17.7 Å². The van der Waals surface area contributed by atoms with Gasteiger partial charge in [-0.1, -0.05) is 11.6 Å². The first-order chi connectivity index (χ1) is 11.5. The minimum Gasteiger partial charge on any atom is -0.338 e. The van der Waals surface area contributed by atoms with Crippen LogP contribution in [0, 0.1) is 12.8 Å². The van der Waals surface area contributed by atoms with Crippen LogP contribution in [0.15, 0.2) is 29.6 Å². The van der Waals surface area contributed by atoms with Gasteiger partial charge >= 0.3 is 0 Å². The molecule has 2 heterocycles. The first kappa shape index (κ1) is 16.9. The van der Waals surface area contributed by atoms with E-state index in [9.17, 15) is 9.59 Å². The number of rotatable bonds is 3. The molecule has 3 rings (SSSR count). The Kier molecular flexibility index (Phi) is 5.16. The fourth-order valence-electron chi connectivity index (χ4n) is 2.77. The Bertz CT molecular complexity index is 745. The minimum atomic E-state index is -0.209. The van der Waals surface area contributed by atoms with Crippen molar-refractivity contribution >= 4 is 39.9 Å². The van der Waals surface area contributed by atoms with Crippen LogP contribution in [-0.2, 0) is 4.79 Å². The third kappa shape index (κ3) is 3.94. The van der Waals surface area contributed by atoms with E-state index in [2.05, 4.69) is 10.3 Å². The summed E-state index contributed by atoms with van der Waals surface area (Å²) < 4.78 is 0. The Hall–Kier alpha value is -1.92. The van der Waals surface area contributed by atoms with Gasteiger partial charge in [-0.25, -0.2) is 4.98 Å². The van der Waals surface area contributed by atoms with Crippen molar-refractivity contribution in [3.05, 3.63) is 45.9 Å². The third-order valence-electron chi connectivity index (χ3n) is 4.02. The SMILES string of the molecule is Cc1csc(NC(=O)[C@@H]2CCCN(C(=O)c3ccc(Cl)cc3)C2)n1. The Morgan fingerprint density at radius 2 is 2.08 bits per heavy atom. The number of thiazole rings is 1. The van der Waals surface area contributed by atoms with Gasteiger partial charge in [-0.3, -0.25) is 9.59 Å². The molecule has 1 aromatic heterocycles. The monoisotopic (exact) mass is 363 g/mol. The van der Waals surface area contributed by atoms with Gasteiger partial charge in [0, 0.05) is 29.1 Å². The van der Waals surface area contributed by atoms with Crippen LogP contribution < -0.4 is 5.32 Å². The number of carbonyl (C=O) groups excluding carboxylic acids is 2. The Morgan fingerprint density at radius 1 is 1.33 bits per heavy atom. The number of aryl methyl sites for hydroxylation is 1. The molecule has 0 saturated carbocycles. The normalized spacial score (nSPS) is 17.6. The number of nitrogens with zero attached hydrogens (tertiary/aromatic N) is 2. The van der Waals surface area contributed by atoms with E-state index < -0.39 is 0 Å². The summed E-state index contributed by atoms with van der Waals surface area (Å²) in [6, 6.07) is 6.83. The highest BCUT2D eigenvalue weighted by Gasteiger charge is 2.29. The van der Waals surface area contributed by atoms with Crippen molar-refractivity contribution in [2.45, 2.75) is 19.8 Å². The van der Waals surface area contributed by atoms with E-state index in [1.165, 1.54) is 11.3 Å². The average Bonchev–Trinajstić information content (AvgIpc) is 3.00. The molecule has 0 bridgehead atoms. The molecular formula is C17H18ClN3O2S. The van der Waals surface area contributed by atoms with Gasteiger partial charge in [-0.15, -0.1) is 11.3 Å². The Balaban J connectivity index is 1.64.